The summed E-state index contributed by atoms with van der Waals surface area (Å²) in [5.74, 6) is 3.09. The van der Waals surface area contributed by atoms with Gasteiger partial charge in [0, 0.05) is 17.4 Å². The van der Waals surface area contributed by atoms with Crippen LogP contribution in [0.4, 0.5) is 4.39 Å². The molecular weight excluding hydrogens is 451 g/mol. The second-order valence-corrected chi connectivity index (χ2v) is 13.9. The largest absolute Gasteiger partial charge is 0.483 e. The van der Waals surface area contributed by atoms with E-state index in [1.165, 1.54) is 35.5 Å². The molecule has 182 valence electrons. The van der Waals surface area contributed by atoms with Crippen LogP contribution in [0.5, 0.6) is 5.75 Å². The van der Waals surface area contributed by atoms with Gasteiger partial charge in [0.25, 0.3) is 0 Å². The molecule has 0 spiro atoms. The molecule has 35 heavy (non-hydrogen) atoms. The van der Waals surface area contributed by atoms with Crippen LogP contribution in [0, 0.1) is 34.9 Å². The number of rotatable bonds is 5. The first-order chi connectivity index (χ1) is 16.9. The molecular formula is C32H36FOS+. The van der Waals surface area contributed by atoms with E-state index in [-0.39, 0.29) is 27.7 Å². The molecule has 0 aromatic heterocycles. The van der Waals surface area contributed by atoms with Gasteiger partial charge in [0.1, 0.15) is 5.60 Å². The highest BCUT2D eigenvalue weighted by molar-refractivity contribution is 7.97. The van der Waals surface area contributed by atoms with E-state index in [0.29, 0.717) is 11.7 Å². The zero-order valence-electron chi connectivity index (χ0n) is 21.0. The first kappa shape index (κ1) is 23.2. The lowest BCUT2D eigenvalue weighted by atomic mass is 9.62. The Morgan fingerprint density at radius 2 is 1.46 bits per heavy atom. The minimum Gasteiger partial charge on any atom is -0.483 e. The van der Waals surface area contributed by atoms with Gasteiger partial charge in [-0.1, -0.05) is 63.6 Å². The minimum absolute atomic E-state index is 0.0526. The van der Waals surface area contributed by atoms with Crippen molar-refractivity contribution in [2.24, 2.45) is 29.1 Å². The highest BCUT2D eigenvalue weighted by atomic mass is 32.2. The maximum atomic E-state index is 15.4. The summed E-state index contributed by atoms with van der Waals surface area (Å²) in [6, 6.07) is 26.7. The molecule has 0 amide bonds. The summed E-state index contributed by atoms with van der Waals surface area (Å²) in [5, 5.41) is 0. The Morgan fingerprint density at radius 1 is 0.829 bits per heavy atom. The predicted molar refractivity (Wildman–Crippen MR) is 141 cm³/mol. The first-order valence-electron chi connectivity index (χ1n) is 13.2. The topological polar surface area (TPSA) is 9.23 Å². The molecule has 3 saturated carbocycles. The molecule has 1 nitrogen and oxygen atoms in total. The van der Waals surface area contributed by atoms with Crippen LogP contribution in [0.2, 0.25) is 0 Å². The fourth-order valence-electron chi connectivity index (χ4n) is 7.63. The van der Waals surface area contributed by atoms with Crippen molar-refractivity contribution in [2.75, 3.05) is 0 Å². The van der Waals surface area contributed by atoms with E-state index in [1.54, 1.807) is 6.07 Å². The van der Waals surface area contributed by atoms with Crippen molar-refractivity contribution in [3.63, 3.8) is 0 Å². The van der Waals surface area contributed by atoms with Gasteiger partial charge in [-0.15, -0.1) is 0 Å². The van der Waals surface area contributed by atoms with Crippen LogP contribution >= 0.6 is 0 Å². The molecule has 0 saturated heterocycles. The van der Waals surface area contributed by atoms with Gasteiger partial charge in [-0.05, 0) is 79.8 Å². The normalized spacial score (nSPS) is 29.5. The highest BCUT2D eigenvalue weighted by Gasteiger charge is 2.66. The van der Waals surface area contributed by atoms with Crippen molar-refractivity contribution in [1.82, 2.24) is 0 Å². The second-order valence-electron chi connectivity index (χ2n) is 11.8. The number of fused-ring (bicyclic) bond motifs is 5. The predicted octanol–water partition coefficient (Wildman–Crippen LogP) is 8.54. The van der Waals surface area contributed by atoms with Crippen molar-refractivity contribution < 1.29 is 9.13 Å². The Bertz CT molecular complexity index is 1150. The second kappa shape index (κ2) is 8.69. The molecule has 0 radical (unpaired) electrons. The average molecular weight is 488 g/mol. The summed E-state index contributed by atoms with van der Waals surface area (Å²) in [7, 11) is -0.324. The van der Waals surface area contributed by atoms with Gasteiger partial charge in [0.15, 0.2) is 26.3 Å². The van der Waals surface area contributed by atoms with Gasteiger partial charge in [-0.2, -0.15) is 0 Å². The van der Waals surface area contributed by atoms with Crippen LogP contribution in [0.1, 0.15) is 52.9 Å². The molecule has 3 aliphatic rings. The maximum Gasteiger partial charge on any atom is 0.170 e. The van der Waals surface area contributed by atoms with Gasteiger partial charge in [-0.25, -0.2) is 4.39 Å². The number of benzene rings is 3. The highest BCUT2D eigenvalue weighted by Crippen LogP contribution is 2.67. The van der Waals surface area contributed by atoms with Crippen LogP contribution in [-0.4, -0.2) is 5.60 Å². The van der Waals surface area contributed by atoms with Crippen LogP contribution in [0.3, 0.4) is 0 Å². The van der Waals surface area contributed by atoms with Crippen molar-refractivity contribution in [3.8, 4) is 5.75 Å². The van der Waals surface area contributed by atoms with Gasteiger partial charge in [0.05, 0.1) is 10.9 Å². The lowest BCUT2D eigenvalue weighted by molar-refractivity contribution is -0.102. The molecule has 0 heterocycles. The summed E-state index contributed by atoms with van der Waals surface area (Å²) >= 11 is 0. The molecule has 2 bridgehead atoms. The molecule has 3 fully saturated rings. The quantitative estimate of drug-likeness (QED) is 0.328. The van der Waals surface area contributed by atoms with E-state index in [2.05, 4.69) is 69.3 Å². The molecule has 0 aliphatic heterocycles. The molecule has 3 aromatic carbocycles. The third-order valence-corrected chi connectivity index (χ3v) is 11.3. The fourth-order valence-corrected chi connectivity index (χ4v) is 9.73. The van der Waals surface area contributed by atoms with E-state index >= 15 is 4.39 Å². The molecule has 5 atom stereocenters. The van der Waals surface area contributed by atoms with Crippen LogP contribution < -0.4 is 4.74 Å². The van der Waals surface area contributed by atoms with Crippen LogP contribution in [0.15, 0.2) is 93.5 Å². The number of ether oxygens (including phenoxy) is 1. The zero-order chi connectivity index (χ0) is 24.2. The summed E-state index contributed by atoms with van der Waals surface area (Å²) < 4.78 is 22.4. The van der Waals surface area contributed by atoms with Crippen molar-refractivity contribution in [1.29, 1.82) is 0 Å². The summed E-state index contributed by atoms with van der Waals surface area (Å²) in [6.07, 6.45) is 6.37. The lowest BCUT2D eigenvalue weighted by Gasteiger charge is -2.51. The molecule has 3 heteroatoms. The Morgan fingerprint density at radius 3 is 2.09 bits per heavy atom. The van der Waals surface area contributed by atoms with Crippen molar-refractivity contribution in [2.45, 2.75) is 73.2 Å². The Labute approximate surface area is 212 Å². The van der Waals surface area contributed by atoms with Crippen molar-refractivity contribution >= 4 is 10.9 Å². The standard InChI is InChI=1S/C32H36FOS/c1-31(2,3)32(21-22-19-28(32)27-16-10-15-26(22)27)34-30-20-25(17-18-29(30)33)35(23-11-6-4-7-12-23)24-13-8-5-9-14-24/h4-9,11-14,17-18,20,22,26-28H,10,15-16,19,21H2,1-3H3/q+1. The van der Waals surface area contributed by atoms with E-state index in [9.17, 15) is 0 Å². The molecule has 3 aromatic rings. The summed E-state index contributed by atoms with van der Waals surface area (Å²) in [4.78, 5) is 3.57. The minimum atomic E-state index is -0.324. The molecule has 3 aliphatic carbocycles. The van der Waals surface area contributed by atoms with Gasteiger partial charge in [-0.3, -0.25) is 0 Å². The number of halogens is 1. The summed E-state index contributed by atoms with van der Waals surface area (Å²) in [6.45, 7) is 6.91. The fraction of sp³-hybridized carbons (Fsp3) is 0.438. The third kappa shape index (κ3) is 3.82. The van der Waals surface area contributed by atoms with E-state index in [1.807, 2.05) is 24.3 Å². The first-order valence-corrected chi connectivity index (χ1v) is 14.4. The van der Waals surface area contributed by atoms with Crippen molar-refractivity contribution in [3.05, 3.63) is 84.7 Å². The maximum absolute atomic E-state index is 15.4. The third-order valence-electron chi connectivity index (χ3n) is 9.13. The van der Waals surface area contributed by atoms with Crippen LogP contribution in [0.25, 0.3) is 0 Å². The molecule has 5 unspecified atom stereocenters. The summed E-state index contributed by atoms with van der Waals surface area (Å²) in [5.41, 5.74) is -0.357. The number of hydrogen-bond donors (Lipinski definition) is 0. The van der Waals surface area contributed by atoms with E-state index < -0.39 is 0 Å². The lowest BCUT2D eigenvalue weighted by Crippen LogP contribution is -2.55. The Balaban J connectivity index is 1.41. The average Bonchev–Trinajstić information content (AvgIpc) is 3.56. The Kier molecular flexibility index (Phi) is 5.75. The molecule has 0 N–H and O–H groups in total. The van der Waals surface area contributed by atoms with Gasteiger partial charge >= 0.3 is 0 Å². The smallest absolute Gasteiger partial charge is 0.170 e. The van der Waals surface area contributed by atoms with Gasteiger partial charge in [0.2, 0.25) is 0 Å². The van der Waals surface area contributed by atoms with Crippen LogP contribution in [-0.2, 0) is 10.9 Å². The van der Waals surface area contributed by atoms with E-state index in [4.69, 9.17) is 4.74 Å². The molecule has 6 rings (SSSR count). The number of hydrogen-bond acceptors (Lipinski definition) is 1. The van der Waals surface area contributed by atoms with Gasteiger partial charge < -0.3 is 4.74 Å². The van der Waals surface area contributed by atoms with E-state index in [0.717, 1.165) is 29.1 Å². The Hall–Kier alpha value is -2.26. The monoisotopic (exact) mass is 487 g/mol. The zero-order valence-corrected chi connectivity index (χ0v) is 21.9. The SMILES string of the molecule is CC(C)(C)C1(Oc2cc([S+](c3ccccc3)c3ccccc3)ccc2F)CC2CC1C1CCCC21.